The molecule has 0 radical (unpaired) electrons. The molecule has 0 heterocycles. The summed E-state index contributed by atoms with van der Waals surface area (Å²) in [5.41, 5.74) is 0. The molecular formula is C70H126O6. The first kappa shape index (κ1) is 73.1. The van der Waals surface area contributed by atoms with Crippen LogP contribution < -0.4 is 0 Å². The quantitative estimate of drug-likeness (QED) is 0.0261. The van der Waals surface area contributed by atoms with Crippen molar-refractivity contribution in [2.24, 2.45) is 0 Å². The van der Waals surface area contributed by atoms with Crippen molar-refractivity contribution in [1.29, 1.82) is 0 Å². The molecule has 442 valence electrons. The van der Waals surface area contributed by atoms with Crippen molar-refractivity contribution < 1.29 is 28.6 Å². The van der Waals surface area contributed by atoms with Crippen LogP contribution in [0.4, 0.5) is 0 Å². The van der Waals surface area contributed by atoms with Crippen molar-refractivity contribution >= 4 is 17.9 Å². The monoisotopic (exact) mass is 1060 g/mol. The summed E-state index contributed by atoms with van der Waals surface area (Å²) in [6, 6.07) is 0. The first-order valence-corrected chi connectivity index (χ1v) is 33.3. The molecule has 0 aliphatic heterocycles. The van der Waals surface area contributed by atoms with Gasteiger partial charge in [0.2, 0.25) is 0 Å². The highest BCUT2D eigenvalue weighted by atomic mass is 16.6. The number of carbonyl (C=O) groups excluding carboxylic acids is 3. The lowest BCUT2D eigenvalue weighted by Crippen LogP contribution is -2.30. The number of rotatable bonds is 61. The van der Waals surface area contributed by atoms with Crippen LogP contribution in [0, 0.1) is 0 Å². The third kappa shape index (κ3) is 62.0. The summed E-state index contributed by atoms with van der Waals surface area (Å²) in [7, 11) is 0. The van der Waals surface area contributed by atoms with Crippen LogP contribution in [0.5, 0.6) is 0 Å². The first-order chi connectivity index (χ1) is 37.5. The van der Waals surface area contributed by atoms with E-state index in [-0.39, 0.29) is 31.1 Å². The van der Waals surface area contributed by atoms with E-state index in [1.165, 1.54) is 212 Å². The van der Waals surface area contributed by atoms with E-state index >= 15 is 0 Å². The summed E-state index contributed by atoms with van der Waals surface area (Å²) in [4.78, 5) is 38.4. The Morgan fingerprint density at radius 1 is 0.263 bits per heavy atom. The maximum atomic E-state index is 12.9. The zero-order chi connectivity index (χ0) is 55.0. The first-order valence-electron chi connectivity index (χ1n) is 33.3. The molecule has 0 bridgehead atoms. The summed E-state index contributed by atoms with van der Waals surface area (Å²) in [5.74, 6) is -0.879. The molecule has 0 fully saturated rings. The normalized spacial score (nSPS) is 12.4. The number of esters is 3. The topological polar surface area (TPSA) is 78.9 Å². The molecule has 0 aliphatic rings. The lowest BCUT2D eigenvalue weighted by molar-refractivity contribution is -0.167. The van der Waals surface area contributed by atoms with Gasteiger partial charge < -0.3 is 14.2 Å². The number of unbranched alkanes of at least 4 members (excludes halogenated alkanes) is 40. The minimum atomic E-state index is -0.783. The van der Waals surface area contributed by atoms with Gasteiger partial charge in [0.1, 0.15) is 13.2 Å². The van der Waals surface area contributed by atoms with Gasteiger partial charge in [0.15, 0.2) is 6.10 Å². The van der Waals surface area contributed by atoms with Crippen LogP contribution in [0.2, 0.25) is 0 Å². The van der Waals surface area contributed by atoms with Gasteiger partial charge in [-0.05, 0) is 89.9 Å². The fourth-order valence-electron chi connectivity index (χ4n) is 9.72. The largest absolute Gasteiger partial charge is 0.462 e. The number of allylic oxidation sites excluding steroid dienone is 10. The molecule has 0 N–H and O–H groups in total. The maximum absolute atomic E-state index is 12.9. The molecule has 76 heavy (non-hydrogen) atoms. The summed E-state index contributed by atoms with van der Waals surface area (Å²) >= 11 is 0. The Labute approximate surface area is 472 Å². The van der Waals surface area contributed by atoms with Crippen LogP contribution >= 0.6 is 0 Å². The third-order valence-electron chi connectivity index (χ3n) is 14.7. The minimum absolute atomic E-state index is 0.0797. The van der Waals surface area contributed by atoms with Gasteiger partial charge in [-0.3, -0.25) is 14.4 Å². The van der Waals surface area contributed by atoms with Gasteiger partial charge in [0.25, 0.3) is 0 Å². The summed E-state index contributed by atoms with van der Waals surface area (Å²) in [6.07, 6.45) is 82.3. The molecule has 0 saturated heterocycles. The Bertz CT molecular complexity index is 1360. The van der Waals surface area contributed by atoms with Gasteiger partial charge in [-0.2, -0.15) is 0 Å². The van der Waals surface area contributed by atoms with Crippen molar-refractivity contribution in [2.75, 3.05) is 13.2 Å². The summed E-state index contributed by atoms with van der Waals surface area (Å²) in [6.45, 7) is 6.64. The second-order valence-electron chi connectivity index (χ2n) is 22.4. The third-order valence-corrected chi connectivity index (χ3v) is 14.7. The Balaban J connectivity index is 4.35. The molecule has 0 spiro atoms. The average Bonchev–Trinajstić information content (AvgIpc) is 3.42. The minimum Gasteiger partial charge on any atom is -0.462 e. The van der Waals surface area contributed by atoms with Crippen LogP contribution in [-0.2, 0) is 28.6 Å². The van der Waals surface area contributed by atoms with Crippen LogP contribution in [0.15, 0.2) is 60.8 Å². The zero-order valence-electron chi connectivity index (χ0n) is 50.8. The molecule has 0 aromatic carbocycles. The van der Waals surface area contributed by atoms with Crippen LogP contribution in [0.25, 0.3) is 0 Å². The summed E-state index contributed by atoms with van der Waals surface area (Å²) < 4.78 is 17.0. The van der Waals surface area contributed by atoms with E-state index in [2.05, 4.69) is 81.5 Å². The zero-order valence-corrected chi connectivity index (χ0v) is 50.8. The van der Waals surface area contributed by atoms with E-state index in [4.69, 9.17) is 14.2 Å². The number of hydrogen-bond donors (Lipinski definition) is 0. The fraction of sp³-hybridized carbons (Fsp3) is 0.814. The molecule has 1 unspecified atom stereocenters. The lowest BCUT2D eigenvalue weighted by atomic mass is 10.0. The Morgan fingerprint density at radius 2 is 0.474 bits per heavy atom. The van der Waals surface area contributed by atoms with E-state index in [1.807, 2.05) is 0 Å². The van der Waals surface area contributed by atoms with Gasteiger partial charge in [0, 0.05) is 19.3 Å². The van der Waals surface area contributed by atoms with Crippen LogP contribution in [0.1, 0.15) is 348 Å². The van der Waals surface area contributed by atoms with Crippen LogP contribution in [-0.4, -0.2) is 37.2 Å². The Hall–Kier alpha value is -2.89. The van der Waals surface area contributed by atoms with Crippen molar-refractivity contribution in [3.63, 3.8) is 0 Å². The van der Waals surface area contributed by atoms with Crippen molar-refractivity contribution in [3.05, 3.63) is 60.8 Å². The number of ether oxygens (including phenoxy) is 3. The van der Waals surface area contributed by atoms with Gasteiger partial charge >= 0.3 is 17.9 Å². The Kier molecular flexibility index (Phi) is 62.2. The predicted octanol–water partition coefficient (Wildman–Crippen LogP) is 22.7. The van der Waals surface area contributed by atoms with E-state index in [9.17, 15) is 14.4 Å². The maximum Gasteiger partial charge on any atom is 0.306 e. The molecule has 0 rings (SSSR count). The smallest absolute Gasteiger partial charge is 0.306 e. The van der Waals surface area contributed by atoms with E-state index < -0.39 is 6.10 Å². The number of hydrogen-bond acceptors (Lipinski definition) is 6. The number of carbonyl (C=O) groups is 3. The second kappa shape index (κ2) is 64.6. The molecule has 6 nitrogen and oxygen atoms in total. The molecule has 0 amide bonds. The summed E-state index contributed by atoms with van der Waals surface area (Å²) in [5, 5.41) is 0. The highest BCUT2D eigenvalue weighted by Gasteiger charge is 2.19. The highest BCUT2D eigenvalue weighted by molar-refractivity contribution is 5.71. The van der Waals surface area contributed by atoms with E-state index in [0.717, 1.165) is 96.3 Å². The van der Waals surface area contributed by atoms with Crippen molar-refractivity contribution in [1.82, 2.24) is 0 Å². The molecule has 1 atom stereocenters. The highest BCUT2D eigenvalue weighted by Crippen LogP contribution is 2.17. The average molecular weight is 1060 g/mol. The Morgan fingerprint density at radius 3 is 0.763 bits per heavy atom. The van der Waals surface area contributed by atoms with Crippen molar-refractivity contribution in [3.8, 4) is 0 Å². The molecule has 0 aromatic rings. The van der Waals surface area contributed by atoms with E-state index in [0.29, 0.717) is 19.3 Å². The predicted molar refractivity (Wildman–Crippen MR) is 330 cm³/mol. The molecule has 0 aromatic heterocycles. The van der Waals surface area contributed by atoms with Gasteiger partial charge in [-0.15, -0.1) is 0 Å². The lowest BCUT2D eigenvalue weighted by Gasteiger charge is -2.18. The van der Waals surface area contributed by atoms with Gasteiger partial charge in [-0.1, -0.05) is 300 Å². The second-order valence-corrected chi connectivity index (χ2v) is 22.4. The van der Waals surface area contributed by atoms with Crippen LogP contribution in [0.3, 0.4) is 0 Å². The molecular weight excluding hydrogens is 937 g/mol. The molecule has 0 saturated carbocycles. The molecule has 6 heteroatoms. The van der Waals surface area contributed by atoms with Gasteiger partial charge in [0.05, 0.1) is 0 Å². The van der Waals surface area contributed by atoms with Gasteiger partial charge in [-0.25, -0.2) is 0 Å². The molecule has 0 aliphatic carbocycles. The SMILES string of the molecule is CCCCC/C=C\C/C=C\CCCCCCCC(=O)OCC(COC(=O)CCCCCCCCCC/C=C\C/C=C\C/C=C\CCCCCCC)OC(=O)CCCCCCCCCCCCCCCCCCCCCC. The fourth-order valence-corrected chi connectivity index (χ4v) is 9.72. The van der Waals surface area contributed by atoms with Crippen molar-refractivity contribution in [2.45, 2.75) is 354 Å². The van der Waals surface area contributed by atoms with E-state index in [1.54, 1.807) is 0 Å². The standard InChI is InChI=1S/C70H126O6/c1-4-7-10-13-16-19-22-25-28-30-32-34-35-36-38-39-42-45-48-51-54-57-60-63-69(72)75-66-67(65-74-68(71)62-59-56-53-50-47-44-41-27-24-21-18-15-12-9-6-3)76-70(73)64-61-58-55-52-49-46-43-40-37-33-31-29-26-23-20-17-14-11-8-5-2/h18,21-22,25,27,30,32,35-36,41,67H,4-17,19-20,23-24,26,28-29,31,33-34,37-40,42-66H2,1-3H3/b21-18-,25-22-,32-30-,36-35-,41-27-.